The fourth-order valence-electron chi connectivity index (χ4n) is 5.98. The first-order valence-electron chi connectivity index (χ1n) is 14.1. The Bertz CT molecular complexity index is 1260. The molecule has 0 aliphatic carbocycles. The van der Waals surface area contributed by atoms with Crippen LogP contribution < -0.4 is 14.8 Å². The Morgan fingerprint density at radius 2 is 2.07 bits per heavy atom. The van der Waals surface area contributed by atoms with Crippen molar-refractivity contribution in [2.24, 2.45) is 0 Å². The summed E-state index contributed by atoms with van der Waals surface area (Å²) in [7, 11) is 0. The molecule has 5 rings (SSSR count). The second kappa shape index (κ2) is 13.5. The number of hydrogen-bond acceptors (Lipinski definition) is 9. The van der Waals surface area contributed by atoms with Gasteiger partial charge in [0.25, 0.3) is 6.43 Å². The van der Waals surface area contributed by atoms with Crippen LogP contribution in [-0.4, -0.2) is 96.0 Å². The number of benzene rings is 1. The van der Waals surface area contributed by atoms with Crippen molar-refractivity contribution in [3.63, 3.8) is 0 Å². The van der Waals surface area contributed by atoms with Gasteiger partial charge in [0, 0.05) is 19.6 Å². The van der Waals surface area contributed by atoms with Gasteiger partial charge in [0.1, 0.15) is 35.3 Å². The molecule has 3 saturated heterocycles. The number of nitrogens with one attached hydrogen (secondary N) is 1. The van der Waals surface area contributed by atoms with Crippen LogP contribution in [0.15, 0.2) is 4.47 Å². The molecule has 2 N–H and O–H groups in total. The van der Waals surface area contributed by atoms with Crippen molar-refractivity contribution in [3.8, 4) is 17.6 Å². The standard InChI is InChI=1S/C27H34BrClF4N4O5/c1-14(42-18-5-2-3-8-39-18)16(34-10-17(31)32)12-40-24-19-23(22(33)20(28)21(24)29)35-26(36-25(19)38)41-13-27-6-4-7-37(27)11-15(30)9-27/h14-18,34H,2-13H2,1H3,(H,35,36,38)/t14?,15-,16?,18?,27+/m1/s1. The highest BCUT2D eigenvalue weighted by molar-refractivity contribution is 9.10. The van der Waals surface area contributed by atoms with Crippen LogP contribution >= 0.6 is 27.5 Å². The van der Waals surface area contributed by atoms with Gasteiger partial charge in [-0.25, -0.2) is 17.6 Å². The van der Waals surface area contributed by atoms with Gasteiger partial charge in [-0.3, -0.25) is 4.90 Å². The molecule has 0 bridgehead atoms. The van der Waals surface area contributed by atoms with E-state index in [1.807, 2.05) is 4.90 Å². The third-order valence-corrected chi connectivity index (χ3v) is 9.47. The zero-order valence-electron chi connectivity index (χ0n) is 23.1. The van der Waals surface area contributed by atoms with E-state index in [1.54, 1.807) is 6.92 Å². The largest absolute Gasteiger partial charge is 0.493 e. The van der Waals surface area contributed by atoms with E-state index in [9.17, 15) is 18.3 Å². The van der Waals surface area contributed by atoms with E-state index >= 15 is 4.39 Å². The number of hydrogen-bond donors (Lipinski definition) is 2. The molecular weight excluding hydrogens is 652 g/mol. The Morgan fingerprint density at radius 3 is 2.81 bits per heavy atom. The van der Waals surface area contributed by atoms with Gasteiger partial charge in [-0.05, 0) is 61.5 Å². The van der Waals surface area contributed by atoms with Crippen LogP contribution in [0.5, 0.6) is 17.6 Å². The van der Waals surface area contributed by atoms with E-state index in [-0.39, 0.29) is 45.4 Å². The summed E-state index contributed by atoms with van der Waals surface area (Å²) in [5.41, 5.74) is -0.820. The van der Waals surface area contributed by atoms with E-state index in [2.05, 4.69) is 31.2 Å². The molecular formula is C27H34BrClF4N4O5. The lowest BCUT2D eigenvalue weighted by molar-refractivity contribution is -0.191. The number of nitrogens with zero attached hydrogens (tertiary/aromatic N) is 3. The Kier molecular flexibility index (Phi) is 10.2. The van der Waals surface area contributed by atoms with Crippen molar-refractivity contribution in [3.05, 3.63) is 15.3 Å². The summed E-state index contributed by atoms with van der Waals surface area (Å²) >= 11 is 9.53. The zero-order valence-corrected chi connectivity index (χ0v) is 25.4. The molecule has 0 amide bonds. The summed E-state index contributed by atoms with van der Waals surface area (Å²) < 4.78 is 78.8. The summed E-state index contributed by atoms with van der Waals surface area (Å²) in [5.74, 6) is -1.68. The number of aromatic nitrogens is 2. The summed E-state index contributed by atoms with van der Waals surface area (Å²) in [6.07, 6.45) is -0.173. The lowest BCUT2D eigenvalue weighted by Gasteiger charge is -2.31. The molecule has 4 heterocycles. The highest BCUT2D eigenvalue weighted by Crippen LogP contribution is 2.45. The van der Waals surface area contributed by atoms with Crippen molar-refractivity contribution in [2.75, 3.05) is 39.5 Å². The highest BCUT2D eigenvalue weighted by atomic mass is 79.9. The average molecular weight is 686 g/mol. The minimum atomic E-state index is -2.62. The fraction of sp³-hybridized carbons (Fsp3) is 0.704. The maximum Gasteiger partial charge on any atom is 0.320 e. The highest BCUT2D eigenvalue weighted by Gasteiger charge is 2.49. The van der Waals surface area contributed by atoms with Gasteiger partial charge in [-0.2, -0.15) is 9.97 Å². The molecule has 0 saturated carbocycles. The first-order valence-corrected chi connectivity index (χ1v) is 15.3. The molecule has 5 atom stereocenters. The molecule has 0 radical (unpaired) electrons. The van der Waals surface area contributed by atoms with Gasteiger partial charge in [0.05, 0.1) is 28.7 Å². The SMILES string of the molecule is CC(OC1CCCCO1)C(COc1c(Cl)c(Br)c(F)c2nc(OC[C@@]34CCCN3C[C@H](F)C4)nc(O)c12)NCC(F)F. The number of halogens is 6. The summed E-state index contributed by atoms with van der Waals surface area (Å²) in [6, 6.07) is -1.03. The van der Waals surface area contributed by atoms with Crippen LogP contribution in [0.1, 0.15) is 45.4 Å². The van der Waals surface area contributed by atoms with E-state index in [0.29, 0.717) is 26.0 Å². The Labute approximate surface area is 254 Å². The number of fused-ring (bicyclic) bond motifs is 2. The van der Waals surface area contributed by atoms with Gasteiger partial charge in [0.2, 0.25) is 5.88 Å². The number of ether oxygens (including phenoxy) is 4. The predicted octanol–water partition coefficient (Wildman–Crippen LogP) is 5.38. The van der Waals surface area contributed by atoms with Crippen molar-refractivity contribution >= 4 is 38.4 Å². The minimum absolute atomic E-state index is 0.0815. The molecule has 3 fully saturated rings. The first-order chi connectivity index (χ1) is 20.1. The lowest BCUT2D eigenvalue weighted by Crippen LogP contribution is -2.47. The quantitative estimate of drug-likeness (QED) is 0.226. The Balaban J connectivity index is 1.37. The van der Waals surface area contributed by atoms with E-state index in [0.717, 1.165) is 32.2 Å². The fourth-order valence-corrected chi connectivity index (χ4v) is 6.58. The second-order valence-corrected chi connectivity index (χ2v) is 12.2. The van der Waals surface area contributed by atoms with Gasteiger partial charge in [-0.1, -0.05) is 11.6 Å². The van der Waals surface area contributed by atoms with Crippen LogP contribution in [0.4, 0.5) is 17.6 Å². The smallest absolute Gasteiger partial charge is 0.320 e. The monoisotopic (exact) mass is 684 g/mol. The zero-order chi connectivity index (χ0) is 30.0. The van der Waals surface area contributed by atoms with Gasteiger partial charge in [0.15, 0.2) is 17.9 Å². The van der Waals surface area contributed by atoms with Crippen LogP contribution in [-0.2, 0) is 9.47 Å². The van der Waals surface area contributed by atoms with Crippen LogP contribution in [0, 0.1) is 5.82 Å². The van der Waals surface area contributed by atoms with Crippen molar-refractivity contribution < 1.29 is 41.6 Å². The molecule has 3 aliphatic rings. The third kappa shape index (κ3) is 6.83. The molecule has 9 nitrogen and oxygen atoms in total. The van der Waals surface area contributed by atoms with E-state index in [4.69, 9.17) is 30.5 Å². The first kappa shape index (κ1) is 31.7. The normalized spacial score (nSPS) is 26.1. The molecule has 3 unspecified atom stereocenters. The molecule has 0 spiro atoms. The maximum atomic E-state index is 15.4. The average Bonchev–Trinajstić information content (AvgIpc) is 3.48. The lowest BCUT2D eigenvalue weighted by atomic mass is 9.95. The van der Waals surface area contributed by atoms with Crippen LogP contribution in [0.2, 0.25) is 5.02 Å². The summed E-state index contributed by atoms with van der Waals surface area (Å²) in [5, 5.41) is 13.2. The van der Waals surface area contributed by atoms with Gasteiger partial charge >= 0.3 is 6.01 Å². The van der Waals surface area contributed by atoms with Crippen molar-refractivity contribution in [2.45, 2.75) is 82.0 Å². The summed E-state index contributed by atoms with van der Waals surface area (Å²) in [4.78, 5) is 10.2. The van der Waals surface area contributed by atoms with Crippen LogP contribution in [0.3, 0.4) is 0 Å². The summed E-state index contributed by atoms with van der Waals surface area (Å²) in [6.45, 7) is 2.58. The van der Waals surface area contributed by atoms with Crippen molar-refractivity contribution in [1.29, 1.82) is 0 Å². The molecule has 3 aliphatic heterocycles. The Hall–Kier alpha value is -1.71. The van der Waals surface area contributed by atoms with E-state index < -0.39 is 54.8 Å². The van der Waals surface area contributed by atoms with E-state index in [1.165, 1.54) is 0 Å². The molecule has 1 aromatic heterocycles. The second-order valence-electron chi connectivity index (χ2n) is 11.0. The molecule has 234 valence electrons. The molecule has 1 aromatic carbocycles. The third-order valence-electron chi connectivity index (χ3n) is 8.13. The molecule has 2 aromatic rings. The maximum absolute atomic E-state index is 15.4. The molecule has 15 heteroatoms. The van der Waals surface area contributed by atoms with Gasteiger partial charge in [-0.15, -0.1) is 0 Å². The van der Waals surface area contributed by atoms with Gasteiger partial charge < -0.3 is 29.4 Å². The predicted molar refractivity (Wildman–Crippen MR) is 150 cm³/mol. The van der Waals surface area contributed by atoms with Crippen molar-refractivity contribution in [1.82, 2.24) is 20.2 Å². The number of aromatic hydroxyl groups is 1. The number of alkyl halides is 3. The Morgan fingerprint density at radius 1 is 1.26 bits per heavy atom. The topological polar surface area (TPSA) is 98.2 Å². The number of rotatable bonds is 12. The molecule has 42 heavy (non-hydrogen) atoms. The minimum Gasteiger partial charge on any atom is -0.493 e. The van der Waals surface area contributed by atoms with Crippen LogP contribution in [0.25, 0.3) is 10.9 Å².